The van der Waals surface area contributed by atoms with E-state index in [0.717, 1.165) is 22.6 Å². The zero-order valence-corrected chi connectivity index (χ0v) is 9.19. The van der Waals surface area contributed by atoms with E-state index in [4.69, 9.17) is 5.11 Å². The Morgan fingerprint density at radius 2 is 2.40 bits per heavy atom. The second-order valence-electron chi connectivity index (χ2n) is 3.53. The molecule has 0 aliphatic carbocycles. The number of halogens is 1. The van der Waals surface area contributed by atoms with Gasteiger partial charge in [-0.05, 0) is 23.8 Å². The van der Waals surface area contributed by atoms with Gasteiger partial charge in [0.05, 0.1) is 6.61 Å². The summed E-state index contributed by atoms with van der Waals surface area (Å²) in [7, 11) is 0. The van der Waals surface area contributed by atoms with Crippen molar-refractivity contribution in [3.05, 3.63) is 29.6 Å². The van der Waals surface area contributed by atoms with Crippen LogP contribution in [0.25, 0.3) is 0 Å². The average Bonchev–Trinajstić information content (AvgIpc) is 2.27. The first-order valence-electron chi connectivity index (χ1n) is 5.08. The van der Waals surface area contributed by atoms with Gasteiger partial charge in [-0.3, -0.25) is 0 Å². The third-order valence-electron chi connectivity index (χ3n) is 2.53. The minimum Gasteiger partial charge on any atom is -0.395 e. The lowest BCUT2D eigenvalue weighted by atomic mass is 10.0. The van der Waals surface area contributed by atoms with Gasteiger partial charge >= 0.3 is 0 Å². The maximum atomic E-state index is 13.5. The van der Waals surface area contributed by atoms with Crippen LogP contribution in [-0.2, 0) is 0 Å². The Balaban J connectivity index is 2.22. The van der Waals surface area contributed by atoms with Crippen molar-refractivity contribution in [1.82, 2.24) is 5.32 Å². The molecule has 1 aliphatic heterocycles. The minimum atomic E-state index is -0.131. The number of aliphatic hydroxyl groups is 1. The second kappa shape index (κ2) is 4.96. The summed E-state index contributed by atoms with van der Waals surface area (Å²) in [4.78, 5) is 0.763. The molecule has 1 aromatic rings. The molecule has 0 saturated carbocycles. The van der Waals surface area contributed by atoms with Gasteiger partial charge in [-0.25, -0.2) is 4.39 Å². The Hall–Kier alpha value is -0.580. The van der Waals surface area contributed by atoms with Crippen LogP contribution >= 0.6 is 11.8 Å². The summed E-state index contributed by atoms with van der Waals surface area (Å²) in [5.41, 5.74) is 1.03. The number of benzene rings is 1. The van der Waals surface area contributed by atoms with Gasteiger partial charge in [0.25, 0.3) is 0 Å². The number of aliphatic hydroxyl groups excluding tert-OH is 1. The first-order valence-corrected chi connectivity index (χ1v) is 6.07. The van der Waals surface area contributed by atoms with E-state index in [2.05, 4.69) is 5.32 Å². The number of fused-ring (bicyclic) bond motifs is 1. The van der Waals surface area contributed by atoms with Gasteiger partial charge in [0.2, 0.25) is 0 Å². The molecule has 0 bridgehead atoms. The lowest BCUT2D eigenvalue weighted by Gasteiger charge is -2.26. The molecule has 0 spiro atoms. The molecule has 2 rings (SSSR count). The quantitative estimate of drug-likeness (QED) is 0.827. The Bertz CT molecular complexity index is 345. The molecule has 0 saturated heterocycles. The summed E-state index contributed by atoms with van der Waals surface area (Å²) in [6.45, 7) is 0.680. The monoisotopic (exact) mass is 227 g/mol. The van der Waals surface area contributed by atoms with Crippen LogP contribution in [-0.4, -0.2) is 24.0 Å². The fourth-order valence-corrected chi connectivity index (χ4v) is 2.98. The van der Waals surface area contributed by atoms with Gasteiger partial charge in [-0.15, -0.1) is 11.8 Å². The third-order valence-corrected chi connectivity index (χ3v) is 3.69. The number of hydrogen-bond acceptors (Lipinski definition) is 3. The topological polar surface area (TPSA) is 32.3 Å². The van der Waals surface area contributed by atoms with Gasteiger partial charge < -0.3 is 10.4 Å². The fourth-order valence-electron chi connectivity index (χ4n) is 1.84. The molecular formula is C11H14FNOS. The Morgan fingerprint density at radius 1 is 1.53 bits per heavy atom. The van der Waals surface area contributed by atoms with E-state index in [0.29, 0.717) is 6.54 Å². The van der Waals surface area contributed by atoms with Crippen molar-refractivity contribution in [2.45, 2.75) is 17.4 Å². The van der Waals surface area contributed by atoms with Crippen molar-refractivity contribution in [2.75, 3.05) is 18.9 Å². The van der Waals surface area contributed by atoms with Crippen molar-refractivity contribution in [3.8, 4) is 0 Å². The van der Waals surface area contributed by atoms with Crippen LogP contribution in [0, 0.1) is 5.82 Å². The lowest BCUT2D eigenvalue weighted by Crippen LogP contribution is -2.27. The average molecular weight is 227 g/mol. The fraction of sp³-hybridized carbons (Fsp3) is 0.455. The van der Waals surface area contributed by atoms with E-state index < -0.39 is 0 Å². The van der Waals surface area contributed by atoms with Gasteiger partial charge in [0.1, 0.15) is 5.82 Å². The van der Waals surface area contributed by atoms with Crippen LogP contribution in [0.2, 0.25) is 0 Å². The number of nitrogens with one attached hydrogen (secondary N) is 1. The maximum absolute atomic E-state index is 13.5. The standard InChI is InChI=1S/C11H14FNOS/c12-9-3-1-2-8-10(13-5-6-14)4-7-15-11(8)9/h1-3,10,13-14H,4-7H2. The summed E-state index contributed by atoms with van der Waals surface area (Å²) in [5.74, 6) is 0.796. The Labute approximate surface area is 92.9 Å². The van der Waals surface area contributed by atoms with Crippen LogP contribution < -0.4 is 5.32 Å². The van der Waals surface area contributed by atoms with Gasteiger partial charge in [-0.2, -0.15) is 0 Å². The van der Waals surface area contributed by atoms with Crippen LogP contribution in [0.1, 0.15) is 18.0 Å². The minimum absolute atomic E-state index is 0.119. The molecule has 1 aromatic carbocycles. The number of rotatable bonds is 3. The highest BCUT2D eigenvalue weighted by atomic mass is 32.2. The normalized spacial score (nSPS) is 20.0. The van der Waals surface area contributed by atoms with Crippen LogP contribution in [0.3, 0.4) is 0 Å². The van der Waals surface area contributed by atoms with E-state index in [9.17, 15) is 4.39 Å². The zero-order valence-electron chi connectivity index (χ0n) is 8.37. The largest absolute Gasteiger partial charge is 0.395 e. The molecular weight excluding hydrogens is 213 g/mol. The Kier molecular flexibility index (Phi) is 3.61. The van der Waals surface area contributed by atoms with Crippen molar-refractivity contribution < 1.29 is 9.50 Å². The van der Waals surface area contributed by atoms with Crippen LogP contribution in [0.15, 0.2) is 23.1 Å². The van der Waals surface area contributed by atoms with Crippen molar-refractivity contribution in [2.24, 2.45) is 0 Å². The molecule has 82 valence electrons. The van der Waals surface area contributed by atoms with E-state index >= 15 is 0 Å². The molecule has 2 nitrogen and oxygen atoms in total. The molecule has 15 heavy (non-hydrogen) atoms. The first kappa shape index (κ1) is 10.9. The van der Waals surface area contributed by atoms with Crippen LogP contribution in [0.5, 0.6) is 0 Å². The number of hydrogen-bond donors (Lipinski definition) is 2. The molecule has 1 atom stereocenters. The second-order valence-corrected chi connectivity index (χ2v) is 4.63. The summed E-state index contributed by atoms with van der Waals surface area (Å²) >= 11 is 1.58. The van der Waals surface area contributed by atoms with E-state index in [1.54, 1.807) is 17.8 Å². The zero-order chi connectivity index (χ0) is 10.7. The molecule has 1 heterocycles. The van der Waals surface area contributed by atoms with Gasteiger partial charge in [0.15, 0.2) is 0 Å². The van der Waals surface area contributed by atoms with Crippen molar-refractivity contribution in [3.63, 3.8) is 0 Å². The van der Waals surface area contributed by atoms with E-state index in [-0.39, 0.29) is 18.5 Å². The summed E-state index contributed by atoms with van der Waals surface area (Å²) in [5, 5.41) is 12.0. The summed E-state index contributed by atoms with van der Waals surface area (Å²) < 4.78 is 13.5. The van der Waals surface area contributed by atoms with Crippen molar-refractivity contribution >= 4 is 11.8 Å². The molecule has 4 heteroatoms. The summed E-state index contributed by atoms with van der Waals surface area (Å²) in [6.07, 6.45) is 0.987. The summed E-state index contributed by atoms with van der Waals surface area (Å²) in [6, 6.07) is 5.39. The molecule has 0 aromatic heterocycles. The maximum Gasteiger partial charge on any atom is 0.137 e. The first-order chi connectivity index (χ1) is 7.33. The molecule has 0 radical (unpaired) electrons. The van der Waals surface area contributed by atoms with E-state index in [1.807, 2.05) is 6.07 Å². The molecule has 2 N–H and O–H groups in total. The van der Waals surface area contributed by atoms with Crippen LogP contribution in [0.4, 0.5) is 4.39 Å². The van der Waals surface area contributed by atoms with Gasteiger partial charge in [-0.1, -0.05) is 12.1 Å². The molecule has 0 fully saturated rings. The highest BCUT2D eigenvalue weighted by molar-refractivity contribution is 7.99. The third kappa shape index (κ3) is 2.33. The molecule has 1 unspecified atom stereocenters. The lowest BCUT2D eigenvalue weighted by molar-refractivity contribution is 0.283. The number of thioether (sulfide) groups is 1. The predicted molar refractivity (Wildman–Crippen MR) is 59.6 cm³/mol. The highest BCUT2D eigenvalue weighted by Gasteiger charge is 2.22. The Morgan fingerprint density at radius 3 is 3.20 bits per heavy atom. The molecule has 1 aliphatic rings. The van der Waals surface area contributed by atoms with Crippen molar-refractivity contribution in [1.29, 1.82) is 0 Å². The predicted octanol–water partition coefficient (Wildman–Crippen LogP) is 1.94. The SMILES string of the molecule is OCCNC1CCSc2c(F)cccc21. The highest BCUT2D eigenvalue weighted by Crippen LogP contribution is 2.37. The van der Waals surface area contributed by atoms with E-state index in [1.165, 1.54) is 6.07 Å². The smallest absolute Gasteiger partial charge is 0.137 e. The van der Waals surface area contributed by atoms with Gasteiger partial charge in [0, 0.05) is 17.5 Å². The molecule has 0 amide bonds.